The number of piperidine rings is 1. The van der Waals surface area contributed by atoms with Crippen molar-refractivity contribution < 1.29 is 18.3 Å². The number of carbonyl (C=O) groups excluding carboxylic acids is 1. The molecular formula is C30H30F2N4O2. The fourth-order valence-electron chi connectivity index (χ4n) is 6.10. The normalized spacial score (nSPS) is 22.2. The topological polar surface area (TPSA) is 73.4 Å². The fraction of sp³-hybridized carbons (Fsp3) is 0.333. The van der Waals surface area contributed by atoms with Crippen LogP contribution >= 0.6 is 0 Å². The fourth-order valence-corrected chi connectivity index (χ4v) is 6.10. The second-order valence-electron chi connectivity index (χ2n) is 10.4. The van der Waals surface area contributed by atoms with Gasteiger partial charge in [0.1, 0.15) is 23.6 Å². The Morgan fingerprint density at radius 3 is 2.32 bits per heavy atom. The van der Waals surface area contributed by atoms with Crippen molar-refractivity contribution in [2.45, 2.75) is 56.3 Å². The van der Waals surface area contributed by atoms with E-state index < -0.39 is 18.4 Å². The lowest BCUT2D eigenvalue weighted by Crippen LogP contribution is -2.43. The molecule has 2 bridgehead atoms. The molecule has 2 fully saturated rings. The maximum atomic E-state index is 14.4. The molecule has 0 aliphatic carbocycles. The molecular weight excluding hydrogens is 486 g/mol. The van der Waals surface area contributed by atoms with Gasteiger partial charge in [0, 0.05) is 28.6 Å². The Morgan fingerprint density at radius 1 is 1.00 bits per heavy atom. The van der Waals surface area contributed by atoms with Crippen molar-refractivity contribution in [2.24, 2.45) is 5.73 Å². The average molecular weight is 517 g/mol. The number of amides is 1. The van der Waals surface area contributed by atoms with Crippen molar-refractivity contribution in [1.82, 2.24) is 14.7 Å². The van der Waals surface area contributed by atoms with Gasteiger partial charge in [-0.3, -0.25) is 9.48 Å². The summed E-state index contributed by atoms with van der Waals surface area (Å²) < 4.78 is 36.5. The van der Waals surface area contributed by atoms with E-state index in [2.05, 4.69) is 17.0 Å². The number of rotatable bonds is 7. The quantitative estimate of drug-likeness (QED) is 0.344. The first kappa shape index (κ1) is 24.6. The highest BCUT2D eigenvalue weighted by atomic mass is 19.3. The lowest BCUT2D eigenvalue weighted by Gasteiger charge is -2.36. The van der Waals surface area contributed by atoms with Crippen molar-refractivity contribution >= 4 is 16.8 Å². The molecule has 2 aliphatic heterocycles. The molecule has 0 spiro atoms. The van der Waals surface area contributed by atoms with Crippen molar-refractivity contribution in [3.8, 4) is 17.0 Å². The number of primary amides is 1. The van der Waals surface area contributed by atoms with Gasteiger partial charge >= 0.3 is 0 Å². The number of aromatic nitrogens is 2. The predicted octanol–water partition coefficient (Wildman–Crippen LogP) is 5.66. The highest BCUT2D eigenvalue weighted by Gasteiger charge is 2.39. The molecule has 2 saturated heterocycles. The van der Waals surface area contributed by atoms with Gasteiger partial charge in [-0.1, -0.05) is 30.3 Å². The molecule has 1 amide bonds. The number of nitrogens with zero attached hydrogens (tertiary/aromatic N) is 3. The summed E-state index contributed by atoms with van der Waals surface area (Å²) in [5, 5.41) is 5.26. The SMILES string of the molecule is CN1C2CCC1CC(Oc1ccc(-c3nn(C(c4ccccc4)C(F)F)c4ccc(C(N)=O)cc34)cc1)C2. The van der Waals surface area contributed by atoms with Gasteiger partial charge in [0.2, 0.25) is 5.91 Å². The Balaban J connectivity index is 1.36. The molecule has 3 heterocycles. The zero-order chi connectivity index (χ0) is 26.4. The molecule has 6 nitrogen and oxygen atoms in total. The van der Waals surface area contributed by atoms with Crippen LogP contribution in [-0.2, 0) is 0 Å². The van der Waals surface area contributed by atoms with Gasteiger partial charge in [-0.15, -0.1) is 0 Å². The Bertz CT molecular complexity index is 1440. The average Bonchev–Trinajstić information content (AvgIpc) is 3.36. The standard InChI is InChI=1S/C30H30F2N4O2/c1-35-21-10-11-22(35)17-24(16-21)38-23-12-7-18(8-13-23)27-25-15-20(30(33)37)9-14-26(25)36(34-27)28(29(31)32)19-5-3-2-4-6-19/h2-9,12-15,21-22,24,28-29H,10-11,16-17H2,1H3,(H2,33,37). The van der Waals surface area contributed by atoms with Gasteiger partial charge in [-0.2, -0.15) is 5.10 Å². The molecule has 1 aromatic heterocycles. The number of halogens is 2. The molecule has 2 aliphatic rings. The summed E-state index contributed by atoms with van der Waals surface area (Å²) in [7, 11) is 2.21. The smallest absolute Gasteiger partial charge is 0.264 e. The Morgan fingerprint density at radius 2 is 1.68 bits per heavy atom. The maximum absolute atomic E-state index is 14.4. The summed E-state index contributed by atoms with van der Waals surface area (Å²) in [5.74, 6) is 0.189. The van der Waals surface area contributed by atoms with E-state index in [9.17, 15) is 13.6 Å². The molecule has 196 valence electrons. The summed E-state index contributed by atoms with van der Waals surface area (Å²) >= 11 is 0. The molecule has 0 radical (unpaired) electrons. The second kappa shape index (κ2) is 9.83. The molecule has 2 N–H and O–H groups in total. The van der Waals surface area contributed by atoms with E-state index in [4.69, 9.17) is 10.5 Å². The Kier molecular flexibility index (Phi) is 6.35. The van der Waals surface area contributed by atoms with Crippen LogP contribution in [0, 0.1) is 0 Å². The number of hydrogen-bond donors (Lipinski definition) is 1. The molecule has 3 aromatic carbocycles. The minimum atomic E-state index is -2.69. The first-order valence-corrected chi connectivity index (χ1v) is 13.0. The molecule has 4 aromatic rings. The lowest BCUT2D eigenvalue weighted by molar-refractivity contribution is 0.0662. The Labute approximate surface area is 220 Å². The first-order chi connectivity index (χ1) is 18.4. The molecule has 0 saturated carbocycles. The molecule has 3 unspecified atom stereocenters. The third-order valence-corrected chi connectivity index (χ3v) is 8.12. The zero-order valence-electron chi connectivity index (χ0n) is 21.1. The second-order valence-corrected chi connectivity index (χ2v) is 10.4. The predicted molar refractivity (Wildman–Crippen MR) is 142 cm³/mol. The zero-order valence-corrected chi connectivity index (χ0v) is 21.1. The van der Waals surface area contributed by atoms with Gasteiger partial charge in [0.25, 0.3) is 6.43 Å². The van der Waals surface area contributed by atoms with E-state index >= 15 is 0 Å². The number of hydrogen-bond acceptors (Lipinski definition) is 4. The number of carbonyl (C=O) groups is 1. The van der Waals surface area contributed by atoms with E-state index in [1.807, 2.05) is 24.3 Å². The van der Waals surface area contributed by atoms with E-state index in [0.717, 1.165) is 24.2 Å². The molecule has 38 heavy (non-hydrogen) atoms. The first-order valence-electron chi connectivity index (χ1n) is 13.0. The molecule has 6 rings (SSSR count). The van der Waals surface area contributed by atoms with Crippen LogP contribution in [-0.4, -0.2) is 52.2 Å². The number of fused-ring (bicyclic) bond motifs is 3. The number of ether oxygens (including phenoxy) is 1. The number of nitrogens with two attached hydrogens (primary N) is 1. The highest BCUT2D eigenvalue weighted by molar-refractivity contribution is 6.01. The van der Waals surface area contributed by atoms with Crippen LogP contribution < -0.4 is 10.5 Å². The lowest BCUT2D eigenvalue weighted by atomic mass is 10.0. The van der Waals surface area contributed by atoms with Crippen molar-refractivity contribution in [3.05, 3.63) is 83.9 Å². The third kappa shape index (κ3) is 4.43. The van der Waals surface area contributed by atoms with Gasteiger partial charge in [0.05, 0.1) is 5.52 Å². The largest absolute Gasteiger partial charge is 0.490 e. The van der Waals surface area contributed by atoms with Gasteiger partial charge in [-0.25, -0.2) is 8.78 Å². The monoisotopic (exact) mass is 516 g/mol. The summed E-state index contributed by atoms with van der Waals surface area (Å²) in [6, 6.07) is 20.9. The van der Waals surface area contributed by atoms with E-state index in [1.54, 1.807) is 48.5 Å². The van der Waals surface area contributed by atoms with Gasteiger partial charge in [-0.05, 0) is 80.8 Å². The van der Waals surface area contributed by atoms with E-state index in [0.29, 0.717) is 39.8 Å². The summed E-state index contributed by atoms with van der Waals surface area (Å²) in [4.78, 5) is 14.4. The van der Waals surface area contributed by atoms with Crippen LogP contribution in [0.5, 0.6) is 5.75 Å². The summed E-state index contributed by atoms with van der Waals surface area (Å²) in [6.07, 6.45) is 2.00. The van der Waals surface area contributed by atoms with Gasteiger partial charge < -0.3 is 15.4 Å². The minimum absolute atomic E-state index is 0.186. The maximum Gasteiger partial charge on any atom is 0.264 e. The van der Waals surface area contributed by atoms with Crippen LogP contribution in [0.25, 0.3) is 22.2 Å². The van der Waals surface area contributed by atoms with Crippen molar-refractivity contribution in [1.29, 1.82) is 0 Å². The minimum Gasteiger partial charge on any atom is -0.490 e. The van der Waals surface area contributed by atoms with Crippen molar-refractivity contribution in [3.63, 3.8) is 0 Å². The van der Waals surface area contributed by atoms with Crippen molar-refractivity contribution in [2.75, 3.05) is 7.05 Å². The summed E-state index contributed by atoms with van der Waals surface area (Å²) in [6.45, 7) is 0. The number of benzene rings is 3. The van der Waals surface area contributed by atoms with E-state index in [-0.39, 0.29) is 6.10 Å². The van der Waals surface area contributed by atoms with Crippen LogP contribution in [0.15, 0.2) is 72.8 Å². The third-order valence-electron chi connectivity index (χ3n) is 8.12. The Hall–Kier alpha value is -3.78. The summed E-state index contributed by atoms with van der Waals surface area (Å²) in [5.41, 5.74) is 8.03. The molecule has 3 atom stereocenters. The van der Waals surface area contributed by atoms with E-state index in [1.165, 1.54) is 17.5 Å². The van der Waals surface area contributed by atoms with Gasteiger partial charge in [0.15, 0.2) is 0 Å². The van der Waals surface area contributed by atoms with Crippen LogP contribution in [0.3, 0.4) is 0 Å². The van der Waals surface area contributed by atoms with Crippen LogP contribution in [0.4, 0.5) is 8.78 Å². The molecule has 8 heteroatoms. The number of alkyl halides is 2. The van der Waals surface area contributed by atoms with Crippen LogP contribution in [0.2, 0.25) is 0 Å². The highest BCUT2D eigenvalue weighted by Crippen LogP contribution is 2.38. The van der Waals surface area contributed by atoms with Crippen LogP contribution in [0.1, 0.15) is 47.6 Å².